The summed E-state index contributed by atoms with van der Waals surface area (Å²) in [6, 6.07) is 0. The number of hydrogen-bond acceptors (Lipinski definition) is 4. The van der Waals surface area contributed by atoms with Crippen molar-refractivity contribution in [2.75, 3.05) is 0 Å². The molecule has 1 aliphatic rings. The monoisotopic (exact) mass is 257 g/mol. The fourth-order valence-corrected chi connectivity index (χ4v) is 1.95. The minimum absolute atomic E-state index is 0.166. The quantitative estimate of drug-likeness (QED) is 0.797. The molecule has 0 spiro atoms. The molecule has 0 bridgehead atoms. The van der Waals surface area contributed by atoms with Gasteiger partial charge in [0, 0.05) is 23.7 Å². The highest BCUT2D eigenvalue weighted by Gasteiger charge is 2.53. The Morgan fingerprint density at radius 2 is 1.78 bits per heavy atom. The van der Waals surface area contributed by atoms with Crippen LogP contribution in [-0.2, 0) is 9.63 Å². The maximum absolute atomic E-state index is 12.1. The van der Waals surface area contributed by atoms with Gasteiger partial charge in [0.05, 0.1) is 5.54 Å². The van der Waals surface area contributed by atoms with E-state index < -0.39 is 16.7 Å². The number of ketones is 1. The zero-order valence-corrected chi connectivity index (χ0v) is 12.7. The second kappa shape index (κ2) is 4.29. The zero-order chi connectivity index (χ0) is 14.4. The summed E-state index contributed by atoms with van der Waals surface area (Å²) in [5.74, 6) is -1.07. The van der Waals surface area contributed by atoms with Gasteiger partial charge in [-0.3, -0.25) is 9.63 Å². The minimum Gasteiger partial charge on any atom is -0.364 e. The van der Waals surface area contributed by atoms with E-state index in [0.29, 0.717) is 12.8 Å². The Morgan fingerprint density at radius 3 is 2.11 bits per heavy atom. The maximum atomic E-state index is 12.1. The normalized spacial score (nSPS) is 33.8. The Hall–Kier alpha value is -0.450. The second-order valence-electron chi connectivity index (χ2n) is 7.83. The molecule has 2 atom stereocenters. The summed E-state index contributed by atoms with van der Waals surface area (Å²) < 4.78 is 0. The Morgan fingerprint density at radius 1 is 1.28 bits per heavy atom. The summed E-state index contributed by atoms with van der Waals surface area (Å²) in [7, 11) is 0. The molecule has 1 aliphatic heterocycles. The summed E-state index contributed by atoms with van der Waals surface area (Å²) in [5, 5.41) is 10.5. The molecule has 1 rings (SSSR count). The van der Waals surface area contributed by atoms with Crippen molar-refractivity contribution in [3.8, 4) is 0 Å². The molecule has 1 saturated heterocycles. The lowest BCUT2D eigenvalue weighted by atomic mass is 9.75. The zero-order valence-electron chi connectivity index (χ0n) is 12.7. The number of hydroxylamine groups is 1. The van der Waals surface area contributed by atoms with E-state index in [1.807, 2.05) is 48.5 Å². The number of Topliss-reactive ketones (excluding diaryl/α,β-unsaturated/α-hetero) is 1. The first-order chi connectivity index (χ1) is 7.79. The third kappa shape index (κ3) is 3.11. The van der Waals surface area contributed by atoms with Gasteiger partial charge in [0.15, 0.2) is 5.79 Å². The van der Waals surface area contributed by atoms with E-state index in [1.165, 1.54) is 0 Å². The van der Waals surface area contributed by atoms with E-state index in [2.05, 4.69) is 5.48 Å². The first kappa shape index (κ1) is 15.6. The standard InChI is InChI=1S/C14H27NO3/c1-11(2,3)10(16)8-13(7)9-14(17,18-15-13)12(4,5)6/h15,17H,8-9H2,1-7H3/t13-,14+/m1/s1. The number of rotatable bonds is 2. The van der Waals surface area contributed by atoms with E-state index in [9.17, 15) is 9.90 Å². The van der Waals surface area contributed by atoms with Gasteiger partial charge in [0.25, 0.3) is 0 Å². The summed E-state index contributed by atoms with van der Waals surface area (Å²) in [4.78, 5) is 17.5. The van der Waals surface area contributed by atoms with E-state index >= 15 is 0 Å². The van der Waals surface area contributed by atoms with Crippen molar-refractivity contribution in [1.82, 2.24) is 5.48 Å². The van der Waals surface area contributed by atoms with Crippen molar-refractivity contribution < 1.29 is 14.7 Å². The van der Waals surface area contributed by atoms with Crippen molar-refractivity contribution in [3.05, 3.63) is 0 Å². The van der Waals surface area contributed by atoms with E-state index in [4.69, 9.17) is 4.84 Å². The number of nitrogens with one attached hydrogen (secondary N) is 1. The Bertz CT molecular complexity index is 340. The maximum Gasteiger partial charge on any atom is 0.191 e. The second-order valence-corrected chi connectivity index (χ2v) is 7.83. The number of carbonyl (C=O) groups excluding carboxylic acids is 1. The highest BCUT2D eigenvalue weighted by Crippen LogP contribution is 2.43. The molecule has 0 aliphatic carbocycles. The smallest absolute Gasteiger partial charge is 0.191 e. The van der Waals surface area contributed by atoms with Crippen LogP contribution < -0.4 is 5.48 Å². The molecule has 18 heavy (non-hydrogen) atoms. The van der Waals surface area contributed by atoms with Gasteiger partial charge in [-0.2, -0.15) is 5.48 Å². The molecule has 0 amide bonds. The minimum atomic E-state index is -1.24. The molecular formula is C14H27NO3. The molecule has 106 valence electrons. The molecule has 4 nitrogen and oxygen atoms in total. The average Bonchev–Trinajstić information content (AvgIpc) is 2.40. The van der Waals surface area contributed by atoms with Crippen LogP contribution in [0.5, 0.6) is 0 Å². The fraction of sp³-hybridized carbons (Fsp3) is 0.929. The van der Waals surface area contributed by atoms with Crippen molar-refractivity contribution in [2.24, 2.45) is 10.8 Å². The Kier molecular flexibility index (Phi) is 3.72. The lowest BCUT2D eigenvalue weighted by molar-refractivity contribution is -0.257. The average molecular weight is 257 g/mol. The molecule has 0 aromatic rings. The van der Waals surface area contributed by atoms with Crippen LogP contribution in [0.3, 0.4) is 0 Å². The summed E-state index contributed by atoms with van der Waals surface area (Å²) in [5.41, 5.74) is 1.59. The predicted molar refractivity (Wildman–Crippen MR) is 70.7 cm³/mol. The molecule has 0 saturated carbocycles. The molecule has 0 unspecified atom stereocenters. The highest BCUT2D eigenvalue weighted by atomic mass is 16.8. The molecule has 0 aromatic carbocycles. The van der Waals surface area contributed by atoms with Gasteiger partial charge >= 0.3 is 0 Å². The summed E-state index contributed by atoms with van der Waals surface area (Å²) >= 11 is 0. The van der Waals surface area contributed by atoms with Crippen LogP contribution in [0.4, 0.5) is 0 Å². The van der Waals surface area contributed by atoms with Crippen LogP contribution in [-0.4, -0.2) is 22.2 Å². The van der Waals surface area contributed by atoms with Crippen molar-refractivity contribution in [2.45, 2.75) is 72.6 Å². The molecule has 2 N–H and O–H groups in total. The topological polar surface area (TPSA) is 58.6 Å². The molecular weight excluding hydrogens is 230 g/mol. The van der Waals surface area contributed by atoms with Crippen LogP contribution in [0, 0.1) is 10.8 Å². The Labute approximate surface area is 110 Å². The number of aliphatic hydroxyl groups is 1. The van der Waals surface area contributed by atoms with Crippen molar-refractivity contribution in [3.63, 3.8) is 0 Å². The lowest BCUT2D eigenvalue weighted by Crippen LogP contribution is -2.44. The van der Waals surface area contributed by atoms with Crippen LogP contribution in [0.15, 0.2) is 0 Å². The highest BCUT2D eigenvalue weighted by molar-refractivity contribution is 5.84. The first-order valence-electron chi connectivity index (χ1n) is 6.50. The van der Waals surface area contributed by atoms with E-state index in [0.717, 1.165) is 0 Å². The largest absolute Gasteiger partial charge is 0.364 e. The fourth-order valence-electron chi connectivity index (χ4n) is 1.95. The Balaban J connectivity index is 2.79. The third-order valence-corrected chi connectivity index (χ3v) is 3.66. The van der Waals surface area contributed by atoms with Gasteiger partial charge in [0.1, 0.15) is 5.78 Å². The number of hydrogen-bond donors (Lipinski definition) is 2. The van der Waals surface area contributed by atoms with Crippen LogP contribution in [0.1, 0.15) is 61.3 Å². The van der Waals surface area contributed by atoms with Gasteiger partial charge in [-0.25, -0.2) is 0 Å². The van der Waals surface area contributed by atoms with Crippen LogP contribution in [0.25, 0.3) is 0 Å². The third-order valence-electron chi connectivity index (χ3n) is 3.66. The van der Waals surface area contributed by atoms with E-state index in [-0.39, 0.29) is 11.2 Å². The van der Waals surface area contributed by atoms with Crippen LogP contribution in [0.2, 0.25) is 0 Å². The molecule has 4 heteroatoms. The molecule has 1 fully saturated rings. The summed E-state index contributed by atoms with van der Waals surface area (Å²) in [6.07, 6.45) is 0.764. The van der Waals surface area contributed by atoms with Crippen molar-refractivity contribution in [1.29, 1.82) is 0 Å². The van der Waals surface area contributed by atoms with Gasteiger partial charge in [0.2, 0.25) is 0 Å². The van der Waals surface area contributed by atoms with Crippen LogP contribution >= 0.6 is 0 Å². The first-order valence-corrected chi connectivity index (χ1v) is 6.50. The number of carbonyl (C=O) groups is 1. The molecule has 1 heterocycles. The van der Waals surface area contributed by atoms with Gasteiger partial charge in [-0.05, 0) is 6.92 Å². The summed E-state index contributed by atoms with van der Waals surface area (Å²) in [6.45, 7) is 13.4. The van der Waals surface area contributed by atoms with Gasteiger partial charge in [-0.15, -0.1) is 0 Å². The molecule has 0 aromatic heterocycles. The lowest BCUT2D eigenvalue weighted by Gasteiger charge is -2.35. The van der Waals surface area contributed by atoms with Gasteiger partial charge in [-0.1, -0.05) is 41.5 Å². The van der Waals surface area contributed by atoms with Gasteiger partial charge < -0.3 is 5.11 Å². The van der Waals surface area contributed by atoms with Crippen molar-refractivity contribution >= 4 is 5.78 Å². The van der Waals surface area contributed by atoms with E-state index in [1.54, 1.807) is 0 Å². The SMILES string of the molecule is CC(C)(C)C(=O)C[C@]1(C)C[C@@](O)(C(C)(C)C)ON1. The molecule has 0 radical (unpaired) electrons. The predicted octanol–water partition coefficient (Wildman–Crippen LogP) is 2.41.